The zero-order valence-corrected chi connectivity index (χ0v) is 10.1. The Balaban J connectivity index is 2.17. The summed E-state index contributed by atoms with van der Waals surface area (Å²) in [5, 5.41) is 3.25. The molecule has 1 aliphatic heterocycles. The maximum atomic E-state index is 12.3. The monoisotopic (exact) mass is 235 g/mol. The van der Waals surface area contributed by atoms with Gasteiger partial charge in [-0.05, 0) is 13.0 Å². The molecule has 1 atom stereocenters. The highest BCUT2D eigenvalue weighted by atomic mass is 16.5. The van der Waals surface area contributed by atoms with E-state index in [2.05, 4.69) is 10.3 Å². The van der Waals surface area contributed by atoms with Gasteiger partial charge in [0, 0.05) is 31.7 Å². The van der Waals surface area contributed by atoms with Gasteiger partial charge < -0.3 is 15.0 Å². The summed E-state index contributed by atoms with van der Waals surface area (Å²) in [5.74, 6) is 0.441. The zero-order valence-electron chi connectivity index (χ0n) is 10.1. The first-order valence-corrected chi connectivity index (χ1v) is 5.75. The molecule has 5 nitrogen and oxygen atoms in total. The molecule has 2 heterocycles. The number of rotatable bonds is 2. The van der Waals surface area contributed by atoms with Gasteiger partial charge in [0.15, 0.2) is 0 Å². The minimum absolute atomic E-state index is 0.0297. The lowest BCUT2D eigenvalue weighted by atomic mass is 10.2. The Morgan fingerprint density at radius 1 is 1.59 bits per heavy atom. The Morgan fingerprint density at radius 2 is 2.41 bits per heavy atom. The molecule has 1 aromatic heterocycles. The molecule has 1 saturated heterocycles. The number of aromatic nitrogens is 1. The Morgan fingerprint density at radius 3 is 3.12 bits per heavy atom. The molecule has 0 saturated carbocycles. The third kappa shape index (κ3) is 2.55. The lowest BCUT2D eigenvalue weighted by molar-refractivity contribution is 0.0649. The number of hydrogen-bond donors (Lipinski definition) is 1. The molecular formula is C12H17N3O2. The maximum absolute atomic E-state index is 12.3. The normalized spacial score (nSPS) is 20.1. The van der Waals surface area contributed by atoms with Crippen molar-refractivity contribution >= 4 is 5.91 Å². The summed E-state index contributed by atoms with van der Waals surface area (Å²) in [6, 6.07) is 5.44. The van der Waals surface area contributed by atoms with Crippen LogP contribution in [0.5, 0.6) is 5.88 Å². The van der Waals surface area contributed by atoms with Gasteiger partial charge in [-0.1, -0.05) is 6.07 Å². The fourth-order valence-corrected chi connectivity index (χ4v) is 1.94. The van der Waals surface area contributed by atoms with Crippen molar-refractivity contribution in [1.82, 2.24) is 15.2 Å². The van der Waals surface area contributed by atoms with E-state index in [1.54, 1.807) is 25.3 Å². The average Bonchev–Trinajstić information content (AvgIpc) is 2.38. The molecule has 92 valence electrons. The summed E-state index contributed by atoms with van der Waals surface area (Å²) in [5.41, 5.74) is 0.443. The van der Waals surface area contributed by atoms with Crippen LogP contribution in [0.3, 0.4) is 0 Å². The van der Waals surface area contributed by atoms with Gasteiger partial charge in [0.2, 0.25) is 5.88 Å². The predicted octanol–water partition coefficient (Wildman–Crippen LogP) is 0.524. The second-order valence-electron chi connectivity index (χ2n) is 4.12. The molecule has 1 aliphatic rings. The van der Waals surface area contributed by atoms with Crippen molar-refractivity contribution in [3.8, 4) is 5.88 Å². The molecule has 5 heteroatoms. The van der Waals surface area contributed by atoms with Crippen molar-refractivity contribution < 1.29 is 9.53 Å². The zero-order chi connectivity index (χ0) is 12.3. The third-order valence-electron chi connectivity index (χ3n) is 2.91. The molecule has 1 aromatic rings. The smallest absolute Gasteiger partial charge is 0.272 e. The minimum Gasteiger partial charge on any atom is -0.481 e. The maximum Gasteiger partial charge on any atom is 0.272 e. The van der Waals surface area contributed by atoms with Crippen LogP contribution in [0.1, 0.15) is 17.4 Å². The second-order valence-corrected chi connectivity index (χ2v) is 4.12. The SMILES string of the molecule is COc1cccc(C(=O)N2CCNCC2C)n1. The number of pyridine rings is 1. The van der Waals surface area contributed by atoms with Gasteiger partial charge in [-0.2, -0.15) is 0 Å². The van der Waals surface area contributed by atoms with Crippen LogP contribution in [0.25, 0.3) is 0 Å². The summed E-state index contributed by atoms with van der Waals surface area (Å²) < 4.78 is 5.02. The quantitative estimate of drug-likeness (QED) is 0.812. The molecule has 1 fully saturated rings. The Labute approximate surface area is 101 Å². The van der Waals surface area contributed by atoms with Crippen LogP contribution in [-0.2, 0) is 0 Å². The van der Waals surface area contributed by atoms with Crippen LogP contribution in [0.4, 0.5) is 0 Å². The van der Waals surface area contributed by atoms with Crippen molar-refractivity contribution in [2.24, 2.45) is 0 Å². The van der Waals surface area contributed by atoms with E-state index in [1.165, 1.54) is 0 Å². The Kier molecular flexibility index (Phi) is 3.58. The Bertz CT molecular complexity index is 408. The number of methoxy groups -OCH3 is 1. The minimum atomic E-state index is -0.0297. The second kappa shape index (κ2) is 5.14. The molecule has 2 rings (SSSR count). The van der Waals surface area contributed by atoms with E-state index >= 15 is 0 Å². The molecule has 1 amide bonds. The van der Waals surface area contributed by atoms with Crippen molar-refractivity contribution in [1.29, 1.82) is 0 Å². The number of carbonyl (C=O) groups excluding carboxylic acids is 1. The number of nitrogens with zero attached hydrogens (tertiary/aromatic N) is 2. The molecular weight excluding hydrogens is 218 g/mol. The summed E-state index contributed by atoms with van der Waals surface area (Å²) in [6.45, 7) is 4.42. The van der Waals surface area contributed by atoms with Gasteiger partial charge in [0.25, 0.3) is 5.91 Å². The van der Waals surface area contributed by atoms with Crippen LogP contribution in [0.15, 0.2) is 18.2 Å². The number of hydrogen-bond acceptors (Lipinski definition) is 4. The predicted molar refractivity (Wildman–Crippen MR) is 64.2 cm³/mol. The molecule has 1 N–H and O–H groups in total. The van der Waals surface area contributed by atoms with E-state index in [1.807, 2.05) is 11.8 Å². The van der Waals surface area contributed by atoms with Crippen molar-refractivity contribution in [3.05, 3.63) is 23.9 Å². The lowest BCUT2D eigenvalue weighted by Crippen LogP contribution is -2.52. The fraction of sp³-hybridized carbons (Fsp3) is 0.500. The van der Waals surface area contributed by atoms with Crippen LogP contribution in [0.2, 0.25) is 0 Å². The van der Waals surface area contributed by atoms with Gasteiger partial charge in [0.1, 0.15) is 5.69 Å². The molecule has 0 radical (unpaired) electrons. The van der Waals surface area contributed by atoms with Crippen molar-refractivity contribution in [2.75, 3.05) is 26.7 Å². The fourth-order valence-electron chi connectivity index (χ4n) is 1.94. The molecule has 1 unspecified atom stereocenters. The van der Waals surface area contributed by atoms with Crippen LogP contribution >= 0.6 is 0 Å². The highest BCUT2D eigenvalue weighted by Crippen LogP contribution is 2.12. The molecule has 0 aliphatic carbocycles. The first kappa shape index (κ1) is 11.9. The van der Waals surface area contributed by atoms with E-state index in [-0.39, 0.29) is 11.9 Å². The number of ether oxygens (including phenoxy) is 1. The van der Waals surface area contributed by atoms with E-state index in [0.717, 1.165) is 19.6 Å². The summed E-state index contributed by atoms with van der Waals surface area (Å²) >= 11 is 0. The van der Waals surface area contributed by atoms with Gasteiger partial charge in [-0.25, -0.2) is 4.98 Å². The molecule has 17 heavy (non-hydrogen) atoms. The van der Waals surface area contributed by atoms with Crippen LogP contribution in [0, 0.1) is 0 Å². The summed E-state index contributed by atoms with van der Waals surface area (Å²) in [7, 11) is 1.55. The first-order valence-electron chi connectivity index (χ1n) is 5.75. The molecule has 0 bridgehead atoms. The van der Waals surface area contributed by atoms with E-state index in [4.69, 9.17) is 4.74 Å². The summed E-state index contributed by atoms with van der Waals surface area (Å²) in [4.78, 5) is 18.3. The first-order chi connectivity index (χ1) is 8.22. The van der Waals surface area contributed by atoms with Crippen LogP contribution in [-0.4, -0.2) is 48.6 Å². The third-order valence-corrected chi connectivity index (χ3v) is 2.91. The summed E-state index contributed by atoms with van der Waals surface area (Å²) in [6.07, 6.45) is 0. The van der Waals surface area contributed by atoms with Crippen LogP contribution < -0.4 is 10.1 Å². The van der Waals surface area contributed by atoms with Gasteiger partial charge in [0.05, 0.1) is 7.11 Å². The molecule has 0 aromatic carbocycles. The molecule has 0 spiro atoms. The van der Waals surface area contributed by atoms with E-state index in [0.29, 0.717) is 11.6 Å². The topological polar surface area (TPSA) is 54.5 Å². The standard InChI is InChI=1S/C12H17N3O2/c1-9-8-13-6-7-15(9)12(16)10-4-3-5-11(14-10)17-2/h3-5,9,13H,6-8H2,1-2H3. The van der Waals surface area contributed by atoms with Gasteiger partial charge >= 0.3 is 0 Å². The van der Waals surface area contributed by atoms with E-state index in [9.17, 15) is 4.79 Å². The van der Waals surface area contributed by atoms with Gasteiger partial charge in [-0.3, -0.25) is 4.79 Å². The largest absolute Gasteiger partial charge is 0.481 e. The van der Waals surface area contributed by atoms with Gasteiger partial charge in [-0.15, -0.1) is 0 Å². The Hall–Kier alpha value is -1.62. The highest BCUT2D eigenvalue weighted by molar-refractivity contribution is 5.92. The number of carbonyl (C=O) groups is 1. The number of nitrogens with one attached hydrogen (secondary N) is 1. The van der Waals surface area contributed by atoms with E-state index < -0.39 is 0 Å². The average molecular weight is 235 g/mol. The number of amides is 1. The van der Waals surface area contributed by atoms with Crippen molar-refractivity contribution in [3.63, 3.8) is 0 Å². The highest BCUT2D eigenvalue weighted by Gasteiger charge is 2.24. The van der Waals surface area contributed by atoms with Crippen molar-refractivity contribution in [2.45, 2.75) is 13.0 Å². The lowest BCUT2D eigenvalue weighted by Gasteiger charge is -2.33. The number of piperazine rings is 1.